The minimum Gasteiger partial charge on any atom is -0.391 e. The molecule has 0 aliphatic heterocycles. The highest BCUT2D eigenvalue weighted by atomic mass is 32.1. The van der Waals surface area contributed by atoms with Crippen LogP contribution in [0.5, 0.6) is 0 Å². The van der Waals surface area contributed by atoms with Crippen LogP contribution >= 0.6 is 11.3 Å². The van der Waals surface area contributed by atoms with E-state index in [2.05, 4.69) is 15.6 Å². The van der Waals surface area contributed by atoms with Crippen LogP contribution in [-0.2, 0) is 14.4 Å². The Labute approximate surface area is 209 Å². The van der Waals surface area contributed by atoms with Crippen LogP contribution in [0.1, 0.15) is 51.6 Å². The van der Waals surface area contributed by atoms with E-state index < -0.39 is 23.7 Å². The number of aryl methyl sites for hydroxylation is 1. The number of thiazole rings is 1. The van der Waals surface area contributed by atoms with Crippen LogP contribution in [0.15, 0.2) is 46.5 Å². The van der Waals surface area contributed by atoms with Crippen molar-refractivity contribution in [3.8, 4) is 0 Å². The minimum absolute atomic E-state index is 0.0448. The van der Waals surface area contributed by atoms with Gasteiger partial charge in [-0.15, -0.1) is 11.3 Å². The number of allylic oxidation sites excluding steroid dienone is 1. The van der Waals surface area contributed by atoms with Crippen LogP contribution in [0.4, 0.5) is 10.1 Å². The van der Waals surface area contributed by atoms with Crippen molar-refractivity contribution in [3.05, 3.63) is 62.9 Å². The van der Waals surface area contributed by atoms with Crippen LogP contribution < -0.4 is 10.6 Å². The molecule has 0 radical (unpaired) electrons. The lowest BCUT2D eigenvalue weighted by Crippen LogP contribution is -2.37. The Bertz CT molecular complexity index is 1150. The number of hydrogen-bond donors (Lipinski definition) is 3. The number of carbonyl (C=O) groups is 3. The molecule has 1 heterocycles. The molecule has 188 valence electrons. The Morgan fingerprint density at radius 3 is 2.37 bits per heavy atom. The standard InChI is InChI=1S/C26H32FN3O4S/c1-7-19(31)13-29-25(34)23(32)17(6)16(5)22(21(14(2)3)26-28-10-11-35-26)24(33)30-18-8-9-20(27)15(4)12-18/h8-12,14,19,31H,7,13H2,1-6H3,(H,29,34)(H,30,33)/b17-16+,22-21-. The quantitative estimate of drug-likeness (QED) is 0.254. The number of aliphatic hydroxyl groups is 1. The van der Waals surface area contributed by atoms with Crippen molar-refractivity contribution in [2.24, 2.45) is 5.92 Å². The summed E-state index contributed by atoms with van der Waals surface area (Å²) in [5.41, 5.74) is 2.06. The monoisotopic (exact) mass is 501 g/mol. The first-order valence-corrected chi connectivity index (χ1v) is 12.3. The molecular weight excluding hydrogens is 469 g/mol. The fourth-order valence-corrected chi connectivity index (χ4v) is 4.21. The lowest BCUT2D eigenvalue weighted by Gasteiger charge is -2.19. The lowest BCUT2D eigenvalue weighted by atomic mass is 9.89. The second-order valence-corrected chi connectivity index (χ2v) is 9.44. The molecule has 1 unspecified atom stereocenters. The molecule has 0 bridgehead atoms. The van der Waals surface area contributed by atoms with Gasteiger partial charge in [-0.25, -0.2) is 9.37 Å². The van der Waals surface area contributed by atoms with Crippen molar-refractivity contribution in [1.82, 2.24) is 10.3 Å². The Balaban J connectivity index is 2.57. The first-order valence-electron chi connectivity index (χ1n) is 11.4. The van der Waals surface area contributed by atoms with Gasteiger partial charge in [0.1, 0.15) is 10.8 Å². The van der Waals surface area contributed by atoms with Gasteiger partial charge < -0.3 is 15.7 Å². The van der Waals surface area contributed by atoms with Gasteiger partial charge in [-0.1, -0.05) is 20.8 Å². The topological polar surface area (TPSA) is 108 Å². The summed E-state index contributed by atoms with van der Waals surface area (Å²) in [6, 6.07) is 4.25. The molecule has 0 fully saturated rings. The van der Waals surface area contributed by atoms with E-state index in [4.69, 9.17) is 0 Å². The van der Waals surface area contributed by atoms with E-state index in [0.717, 1.165) is 0 Å². The highest BCUT2D eigenvalue weighted by molar-refractivity contribution is 7.10. The molecule has 0 aliphatic carbocycles. The number of halogens is 1. The van der Waals surface area contributed by atoms with Gasteiger partial charge in [0.15, 0.2) is 0 Å². The molecule has 35 heavy (non-hydrogen) atoms. The molecule has 1 aromatic heterocycles. The number of benzene rings is 1. The molecule has 0 saturated heterocycles. The molecule has 2 aromatic rings. The van der Waals surface area contributed by atoms with E-state index in [9.17, 15) is 23.9 Å². The van der Waals surface area contributed by atoms with Gasteiger partial charge >= 0.3 is 0 Å². The second kappa shape index (κ2) is 12.5. The number of hydrogen-bond acceptors (Lipinski definition) is 6. The maximum absolute atomic E-state index is 13.7. The lowest BCUT2D eigenvalue weighted by molar-refractivity contribution is -0.136. The van der Waals surface area contributed by atoms with Crippen LogP contribution in [0.2, 0.25) is 0 Å². The summed E-state index contributed by atoms with van der Waals surface area (Å²) in [6.45, 7) is 10.2. The van der Waals surface area contributed by atoms with Gasteiger partial charge in [-0.3, -0.25) is 14.4 Å². The Morgan fingerprint density at radius 1 is 1.14 bits per heavy atom. The first kappa shape index (κ1) is 28.1. The molecule has 1 atom stereocenters. The van der Waals surface area contributed by atoms with Gasteiger partial charge in [0.25, 0.3) is 11.8 Å². The number of nitrogens with zero attached hydrogens (tertiary/aromatic N) is 1. The van der Waals surface area contributed by atoms with Crippen LogP contribution in [0.25, 0.3) is 5.57 Å². The van der Waals surface area contributed by atoms with Gasteiger partial charge in [-0.05, 0) is 62.4 Å². The van der Waals surface area contributed by atoms with E-state index in [0.29, 0.717) is 33.8 Å². The summed E-state index contributed by atoms with van der Waals surface area (Å²) in [6.07, 6.45) is 1.31. The van der Waals surface area contributed by atoms with Gasteiger partial charge in [-0.2, -0.15) is 0 Å². The fourth-order valence-electron chi connectivity index (χ4n) is 3.37. The van der Waals surface area contributed by atoms with E-state index in [1.54, 1.807) is 32.3 Å². The Hall–Kier alpha value is -3.17. The summed E-state index contributed by atoms with van der Waals surface area (Å²) >= 11 is 1.36. The number of aromatic nitrogens is 1. The van der Waals surface area contributed by atoms with Crippen molar-refractivity contribution in [2.75, 3.05) is 11.9 Å². The third-order valence-electron chi connectivity index (χ3n) is 5.61. The SMILES string of the molecule is CCC(O)CNC(=O)C(=O)/C(C)=C(C)/C(C(=O)Nc1ccc(F)c(C)c1)=C(/c1nccs1)C(C)C. The molecular formula is C26H32FN3O4S. The van der Waals surface area contributed by atoms with Crippen molar-refractivity contribution in [2.45, 2.75) is 54.1 Å². The smallest absolute Gasteiger partial charge is 0.292 e. The predicted octanol–water partition coefficient (Wildman–Crippen LogP) is 4.43. The molecule has 7 nitrogen and oxygen atoms in total. The van der Waals surface area contributed by atoms with E-state index >= 15 is 0 Å². The number of ketones is 1. The zero-order valence-electron chi connectivity index (χ0n) is 20.9. The summed E-state index contributed by atoms with van der Waals surface area (Å²) in [5, 5.41) is 17.3. The third-order valence-corrected chi connectivity index (χ3v) is 6.41. The number of aliphatic hydroxyl groups excluding tert-OH is 1. The third kappa shape index (κ3) is 7.16. The van der Waals surface area contributed by atoms with E-state index in [1.165, 1.54) is 36.5 Å². The number of Topliss-reactive ketones (excluding diaryl/α,β-unsaturated/α-hetero) is 1. The van der Waals surface area contributed by atoms with Crippen molar-refractivity contribution >= 4 is 40.2 Å². The normalized spacial score (nSPS) is 13.6. The van der Waals surface area contributed by atoms with Crippen LogP contribution in [-0.4, -0.2) is 40.3 Å². The molecule has 1 aromatic carbocycles. The fraction of sp³-hybridized carbons (Fsp3) is 0.385. The molecule has 2 amide bonds. The number of anilines is 1. The highest BCUT2D eigenvalue weighted by Crippen LogP contribution is 2.33. The summed E-state index contributed by atoms with van der Waals surface area (Å²) in [4.78, 5) is 43.2. The van der Waals surface area contributed by atoms with Crippen LogP contribution in [0, 0.1) is 18.7 Å². The first-order chi connectivity index (χ1) is 16.5. The van der Waals surface area contributed by atoms with Crippen molar-refractivity contribution in [1.29, 1.82) is 0 Å². The predicted molar refractivity (Wildman–Crippen MR) is 136 cm³/mol. The summed E-state index contributed by atoms with van der Waals surface area (Å²) < 4.78 is 13.7. The number of carbonyl (C=O) groups excluding carboxylic acids is 3. The average molecular weight is 502 g/mol. The second-order valence-electron chi connectivity index (χ2n) is 8.55. The summed E-state index contributed by atoms with van der Waals surface area (Å²) in [7, 11) is 0. The van der Waals surface area contributed by atoms with Gasteiger partial charge in [0.05, 0.1) is 6.10 Å². The molecule has 0 saturated carbocycles. The molecule has 3 N–H and O–H groups in total. The van der Waals surface area contributed by atoms with Gasteiger partial charge in [0.2, 0.25) is 5.78 Å². The van der Waals surface area contributed by atoms with E-state index in [1.807, 2.05) is 13.8 Å². The Kier molecular flexibility index (Phi) is 10.0. The largest absolute Gasteiger partial charge is 0.391 e. The molecule has 0 aliphatic rings. The Morgan fingerprint density at radius 2 is 1.83 bits per heavy atom. The zero-order chi connectivity index (χ0) is 26.3. The summed E-state index contributed by atoms with van der Waals surface area (Å²) in [5.74, 6) is -2.68. The maximum Gasteiger partial charge on any atom is 0.292 e. The molecule has 2 rings (SSSR count). The molecule has 9 heteroatoms. The molecule has 0 spiro atoms. The van der Waals surface area contributed by atoms with Crippen molar-refractivity contribution in [3.63, 3.8) is 0 Å². The number of rotatable bonds is 10. The maximum atomic E-state index is 13.7. The highest BCUT2D eigenvalue weighted by Gasteiger charge is 2.27. The minimum atomic E-state index is -0.858. The van der Waals surface area contributed by atoms with Crippen LogP contribution in [0.3, 0.4) is 0 Å². The number of amides is 2. The van der Waals surface area contributed by atoms with E-state index in [-0.39, 0.29) is 29.4 Å². The average Bonchev–Trinajstić information content (AvgIpc) is 3.35. The van der Waals surface area contributed by atoms with Crippen molar-refractivity contribution < 1.29 is 23.9 Å². The zero-order valence-corrected chi connectivity index (χ0v) is 21.7. The van der Waals surface area contributed by atoms with Gasteiger partial charge in [0, 0.05) is 40.5 Å². The number of nitrogens with one attached hydrogen (secondary N) is 2.